The van der Waals surface area contributed by atoms with Crippen LogP contribution >= 0.6 is 11.3 Å². The maximum absolute atomic E-state index is 12.6. The predicted octanol–water partition coefficient (Wildman–Crippen LogP) is 7.18. The highest BCUT2D eigenvalue weighted by Crippen LogP contribution is 2.32. The third-order valence-corrected chi connectivity index (χ3v) is 6.21. The van der Waals surface area contributed by atoms with E-state index in [2.05, 4.69) is 11.4 Å². The number of hydrogen-bond donors (Lipinski definition) is 1. The molecule has 5 rings (SSSR count). The number of benzene rings is 3. The Hall–Kier alpha value is -3.96. The minimum Gasteiger partial charge on any atom is -0.457 e. The van der Waals surface area contributed by atoms with Crippen molar-refractivity contribution in [2.24, 2.45) is 0 Å². The summed E-state index contributed by atoms with van der Waals surface area (Å²) in [7, 11) is 0. The highest BCUT2D eigenvalue weighted by atomic mass is 32.1. The van der Waals surface area contributed by atoms with Gasteiger partial charge in [0.15, 0.2) is 0 Å². The second-order valence-electron chi connectivity index (χ2n) is 7.41. The Morgan fingerprint density at radius 1 is 0.938 bits per heavy atom. The Balaban J connectivity index is 1.32. The number of anilines is 1. The van der Waals surface area contributed by atoms with E-state index in [1.54, 1.807) is 17.4 Å². The van der Waals surface area contributed by atoms with Crippen molar-refractivity contribution in [2.75, 3.05) is 5.32 Å². The summed E-state index contributed by atoms with van der Waals surface area (Å²) in [5, 5.41) is 3.90. The maximum Gasteiger partial charge on any atom is 0.248 e. The summed E-state index contributed by atoms with van der Waals surface area (Å²) >= 11 is 1.64. The fraction of sp³-hybridized carbons (Fsp3) is 0.0370. The van der Waals surface area contributed by atoms with Crippen molar-refractivity contribution in [2.45, 2.75) is 6.92 Å². The van der Waals surface area contributed by atoms with E-state index >= 15 is 0 Å². The van der Waals surface area contributed by atoms with Crippen LogP contribution in [0.25, 0.3) is 38.2 Å². The molecule has 0 atom stereocenters. The van der Waals surface area contributed by atoms with Crippen molar-refractivity contribution >= 4 is 39.2 Å². The van der Waals surface area contributed by atoms with Gasteiger partial charge in [-0.25, -0.2) is 4.98 Å². The van der Waals surface area contributed by atoms with Crippen molar-refractivity contribution < 1.29 is 9.21 Å². The normalized spacial score (nSPS) is 11.3. The minimum atomic E-state index is -0.216. The first kappa shape index (κ1) is 20.0. The summed E-state index contributed by atoms with van der Waals surface area (Å²) in [4.78, 5) is 17.3. The van der Waals surface area contributed by atoms with Gasteiger partial charge in [-0.2, -0.15) is 0 Å². The van der Waals surface area contributed by atoms with E-state index in [-0.39, 0.29) is 5.91 Å². The first-order valence-electron chi connectivity index (χ1n) is 10.3. The molecule has 0 aliphatic heterocycles. The molecule has 0 fully saturated rings. The van der Waals surface area contributed by atoms with E-state index < -0.39 is 0 Å². The Morgan fingerprint density at radius 3 is 2.59 bits per heavy atom. The number of hydrogen-bond acceptors (Lipinski definition) is 4. The van der Waals surface area contributed by atoms with Crippen LogP contribution in [0.1, 0.15) is 11.3 Å². The third kappa shape index (κ3) is 4.24. The van der Waals surface area contributed by atoms with E-state index in [0.717, 1.165) is 43.4 Å². The summed E-state index contributed by atoms with van der Waals surface area (Å²) in [5.74, 6) is 1.18. The Labute approximate surface area is 189 Å². The van der Waals surface area contributed by atoms with E-state index in [9.17, 15) is 4.79 Å². The van der Waals surface area contributed by atoms with Crippen LogP contribution in [0.4, 0.5) is 5.69 Å². The number of aromatic nitrogens is 1. The predicted molar refractivity (Wildman–Crippen MR) is 132 cm³/mol. The van der Waals surface area contributed by atoms with Gasteiger partial charge in [-0.15, -0.1) is 11.3 Å². The number of nitrogens with one attached hydrogen (secondary N) is 1. The summed E-state index contributed by atoms with van der Waals surface area (Å²) in [6.07, 6.45) is 3.16. The van der Waals surface area contributed by atoms with Crippen molar-refractivity contribution in [1.82, 2.24) is 4.98 Å². The zero-order valence-electron chi connectivity index (χ0n) is 17.4. The van der Waals surface area contributed by atoms with Gasteiger partial charge in [0.05, 0.1) is 10.2 Å². The number of para-hydroxylation sites is 1. The Bertz CT molecular complexity index is 1400. The molecule has 0 radical (unpaired) electrons. The minimum absolute atomic E-state index is 0.216. The molecule has 5 aromatic rings. The lowest BCUT2D eigenvalue weighted by molar-refractivity contribution is -0.111. The van der Waals surface area contributed by atoms with Crippen molar-refractivity contribution in [1.29, 1.82) is 0 Å². The lowest BCUT2D eigenvalue weighted by Gasteiger charge is -2.08. The molecule has 1 N–H and O–H groups in total. The van der Waals surface area contributed by atoms with Gasteiger partial charge in [-0.1, -0.05) is 54.6 Å². The van der Waals surface area contributed by atoms with E-state index in [0.29, 0.717) is 5.76 Å². The third-order valence-electron chi connectivity index (χ3n) is 5.12. The molecule has 2 heterocycles. The average molecular weight is 437 g/mol. The maximum atomic E-state index is 12.6. The highest BCUT2D eigenvalue weighted by Gasteiger charge is 2.10. The van der Waals surface area contributed by atoms with Gasteiger partial charge in [0.1, 0.15) is 16.5 Å². The van der Waals surface area contributed by atoms with Gasteiger partial charge in [0.2, 0.25) is 5.91 Å². The number of thiazole rings is 1. The van der Waals surface area contributed by atoms with Crippen LogP contribution in [0.5, 0.6) is 0 Å². The van der Waals surface area contributed by atoms with Gasteiger partial charge >= 0.3 is 0 Å². The van der Waals surface area contributed by atoms with Crippen LogP contribution in [-0.4, -0.2) is 10.9 Å². The van der Waals surface area contributed by atoms with Crippen molar-refractivity contribution in [3.05, 3.63) is 102 Å². The second kappa shape index (κ2) is 8.65. The molecule has 0 unspecified atom stereocenters. The molecule has 2 aromatic heterocycles. The Kier molecular flexibility index (Phi) is 5.40. The highest BCUT2D eigenvalue weighted by molar-refractivity contribution is 7.21. The molecule has 0 bridgehead atoms. The number of carbonyl (C=O) groups is 1. The number of amides is 1. The van der Waals surface area contributed by atoms with E-state index in [4.69, 9.17) is 9.40 Å². The zero-order valence-corrected chi connectivity index (χ0v) is 18.2. The largest absolute Gasteiger partial charge is 0.457 e. The van der Waals surface area contributed by atoms with Crippen LogP contribution in [0.2, 0.25) is 0 Å². The van der Waals surface area contributed by atoms with Crippen molar-refractivity contribution in [3.63, 3.8) is 0 Å². The number of aryl methyl sites for hydroxylation is 1. The SMILES string of the molecule is Cc1ccc(-c2nc3ccccc3s2)cc1NC(=O)C=Cc1ccc(-c2ccccc2)o1. The molecule has 32 heavy (non-hydrogen) atoms. The van der Waals surface area contributed by atoms with Gasteiger partial charge in [-0.3, -0.25) is 4.79 Å². The van der Waals surface area contributed by atoms with Crippen LogP contribution in [0.3, 0.4) is 0 Å². The molecule has 5 heteroatoms. The number of furan rings is 1. The number of fused-ring (bicyclic) bond motifs is 1. The molecule has 0 spiro atoms. The first-order chi connectivity index (χ1) is 15.7. The van der Waals surface area contributed by atoms with Gasteiger partial charge < -0.3 is 9.73 Å². The molecule has 156 valence electrons. The molecule has 0 aliphatic rings. The van der Waals surface area contributed by atoms with Crippen LogP contribution in [-0.2, 0) is 4.79 Å². The summed E-state index contributed by atoms with van der Waals surface area (Å²) in [6.45, 7) is 1.97. The van der Waals surface area contributed by atoms with Gasteiger partial charge in [0.25, 0.3) is 0 Å². The van der Waals surface area contributed by atoms with Gasteiger partial charge in [0, 0.05) is 22.9 Å². The smallest absolute Gasteiger partial charge is 0.248 e. The number of carbonyl (C=O) groups excluding carboxylic acids is 1. The standard InChI is InChI=1S/C27H20N2O2S/c1-18-11-12-20(27-29-22-9-5-6-10-25(22)32-27)17-23(18)28-26(30)16-14-21-13-15-24(31-21)19-7-3-2-4-8-19/h2-17H,1H3,(H,28,30). The molecule has 3 aromatic carbocycles. The molecule has 1 amide bonds. The number of nitrogens with zero attached hydrogens (tertiary/aromatic N) is 1. The number of rotatable bonds is 5. The van der Waals surface area contributed by atoms with E-state index in [1.165, 1.54) is 6.08 Å². The molecule has 0 aliphatic carbocycles. The fourth-order valence-corrected chi connectivity index (χ4v) is 4.38. The summed E-state index contributed by atoms with van der Waals surface area (Å²) < 4.78 is 6.97. The lowest BCUT2D eigenvalue weighted by atomic mass is 10.1. The van der Waals surface area contributed by atoms with Crippen LogP contribution in [0, 0.1) is 6.92 Å². The molecule has 0 saturated heterocycles. The summed E-state index contributed by atoms with van der Waals surface area (Å²) in [6, 6.07) is 27.7. The average Bonchev–Trinajstić information content (AvgIpc) is 3.47. The molecule has 4 nitrogen and oxygen atoms in total. The quantitative estimate of drug-likeness (QED) is 0.297. The second-order valence-corrected chi connectivity index (χ2v) is 8.44. The monoisotopic (exact) mass is 436 g/mol. The van der Waals surface area contributed by atoms with Gasteiger partial charge in [-0.05, 0) is 48.9 Å². The molecular weight excluding hydrogens is 416 g/mol. The van der Waals surface area contributed by atoms with Crippen molar-refractivity contribution in [3.8, 4) is 21.9 Å². The summed E-state index contributed by atoms with van der Waals surface area (Å²) in [5.41, 5.74) is 4.71. The fourth-order valence-electron chi connectivity index (χ4n) is 3.42. The molecule has 0 saturated carbocycles. The first-order valence-corrected chi connectivity index (χ1v) is 11.1. The zero-order chi connectivity index (χ0) is 21.9. The van der Waals surface area contributed by atoms with Crippen LogP contribution < -0.4 is 5.32 Å². The lowest BCUT2D eigenvalue weighted by Crippen LogP contribution is -2.09. The Morgan fingerprint density at radius 2 is 1.75 bits per heavy atom. The van der Waals surface area contributed by atoms with Crippen LogP contribution in [0.15, 0.2) is 95.4 Å². The molecular formula is C27H20N2O2S. The van der Waals surface area contributed by atoms with E-state index in [1.807, 2.05) is 85.8 Å². The topological polar surface area (TPSA) is 55.1 Å².